The molecule has 0 heterocycles. The zero-order valence-corrected chi connectivity index (χ0v) is 9.04. The van der Waals surface area contributed by atoms with Gasteiger partial charge in [0.2, 0.25) is 0 Å². The molecular weight excluding hydrogens is 184 g/mol. The molecule has 82 valence electrons. The molecule has 0 aliphatic carbocycles. The van der Waals surface area contributed by atoms with E-state index < -0.39 is 6.16 Å². The zero-order valence-electron chi connectivity index (χ0n) is 9.04. The highest BCUT2D eigenvalue weighted by molar-refractivity contribution is 5.58. The fourth-order valence-electron chi connectivity index (χ4n) is 0.808. The summed E-state index contributed by atoms with van der Waals surface area (Å²) < 4.78 is 4.62. The van der Waals surface area contributed by atoms with Crippen LogP contribution in [0.5, 0.6) is 0 Å². The molecule has 0 spiro atoms. The Balaban J connectivity index is 3.52. The van der Waals surface area contributed by atoms with Crippen molar-refractivity contribution in [3.8, 4) is 0 Å². The van der Waals surface area contributed by atoms with E-state index in [2.05, 4.69) is 21.4 Å². The van der Waals surface area contributed by atoms with Gasteiger partial charge in [-0.05, 0) is 25.3 Å². The number of hydrogen-bond acceptors (Lipinski definition) is 4. The van der Waals surface area contributed by atoms with Crippen LogP contribution in [0.1, 0.15) is 40.0 Å². The Bertz CT molecular complexity index is 187. The molecule has 4 heteroatoms. The minimum atomic E-state index is -0.799. The first-order chi connectivity index (χ1) is 6.70. The van der Waals surface area contributed by atoms with Crippen LogP contribution in [0.15, 0.2) is 11.8 Å². The van der Waals surface area contributed by atoms with E-state index in [4.69, 9.17) is 0 Å². The van der Waals surface area contributed by atoms with Gasteiger partial charge >= 0.3 is 6.16 Å². The summed E-state index contributed by atoms with van der Waals surface area (Å²) in [5.74, 6) is 0. The van der Waals surface area contributed by atoms with Crippen LogP contribution in [0.25, 0.3) is 0 Å². The number of ether oxygens (including phenoxy) is 1. The SMILES string of the molecule is CCCOC(=O)OO/C=C(\C)CCC. The maximum Gasteiger partial charge on any atom is 0.549 e. The van der Waals surface area contributed by atoms with Crippen molar-refractivity contribution in [2.24, 2.45) is 0 Å². The molecule has 0 aliphatic heterocycles. The van der Waals surface area contributed by atoms with Gasteiger partial charge in [-0.3, -0.25) is 4.89 Å². The van der Waals surface area contributed by atoms with Crippen LogP contribution in [0.2, 0.25) is 0 Å². The Labute approximate surface area is 84.8 Å². The van der Waals surface area contributed by atoms with Crippen molar-refractivity contribution in [2.45, 2.75) is 40.0 Å². The van der Waals surface area contributed by atoms with Gasteiger partial charge in [0.25, 0.3) is 0 Å². The average molecular weight is 202 g/mol. The summed E-state index contributed by atoms with van der Waals surface area (Å²) in [7, 11) is 0. The molecule has 0 aliphatic rings. The van der Waals surface area contributed by atoms with Crippen molar-refractivity contribution in [1.29, 1.82) is 0 Å². The second-order valence-electron chi connectivity index (χ2n) is 2.99. The minimum Gasteiger partial charge on any atom is -0.432 e. The highest BCUT2D eigenvalue weighted by Crippen LogP contribution is 2.03. The van der Waals surface area contributed by atoms with Crippen molar-refractivity contribution in [3.63, 3.8) is 0 Å². The first-order valence-electron chi connectivity index (χ1n) is 4.86. The quantitative estimate of drug-likeness (QED) is 0.287. The first-order valence-corrected chi connectivity index (χ1v) is 4.86. The molecule has 0 rings (SSSR count). The van der Waals surface area contributed by atoms with Gasteiger partial charge in [-0.15, -0.1) is 0 Å². The second-order valence-corrected chi connectivity index (χ2v) is 2.99. The van der Waals surface area contributed by atoms with Crippen molar-refractivity contribution in [1.82, 2.24) is 0 Å². The van der Waals surface area contributed by atoms with Crippen LogP contribution in [-0.4, -0.2) is 12.8 Å². The van der Waals surface area contributed by atoms with Gasteiger partial charge in [0, 0.05) is 0 Å². The van der Waals surface area contributed by atoms with Crippen molar-refractivity contribution in [2.75, 3.05) is 6.61 Å². The standard InChI is InChI=1S/C10H18O4/c1-4-6-9(3)8-13-14-10(11)12-7-5-2/h8H,4-7H2,1-3H3/b9-8+. The van der Waals surface area contributed by atoms with Gasteiger partial charge < -0.3 is 4.74 Å². The molecular formula is C10H18O4. The molecule has 0 saturated heterocycles. The topological polar surface area (TPSA) is 44.8 Å². The van der Waals surface area contributed by atoms with Crippen molar-refractivity contribution < 1.29 is 19.3 Å². The highest BCUT2D eigenvalue weighted by atomic mass is 17.2. The molecule has 0 aromatic carbocycles. The van der Waals surface area contributed by atoms with Gasteiger partial charge in [0.1, 0.15) is 6.26 Å². The van der Waals surface area contributed by atoms with Crippen molar-refractivity contribution in [3.05, 3.63) is 11.8 Å². The smallest absolute Gasteiger partial charge is 0.432 e. The Hall–Kier alpha value is -1.19. The lowest BCUT2D eigenvalue weighted by molar-refractivity contribution is -0.208. The third-order valence-corrected chi connectivity index (χ3v) is 1.43. The molecule has 0 aromatic rings. The molecule has 0 bridgehead atoms. The van der Waals surface area contributed by atoms with Crippen LogP contribution in [0.4, 0.5) is 4.79 Å². The third-order valence-electron chi connectivity index (χ3n) is 1.43. The Morgan fingerprint density at radius 3 is 2.57 bits per heavy atom. The van der Waals surface area contributed by atoms with Gasteiger partial charge in [-0.1, -0.05) is 20.3 Å². The average Bonchev–Trinajstić information content (AvgIpc) is 2.15. The summed E-state index contributed by atoms with van der Waals surface area (Å²) in [5.41, 5.74) is 1.02. The van der Waals surface area contributed by atoms with Gasteiger partial charge in [0.15, 0.2) is 0 Å². The van der Waals surface area contributed by atoms with E-state index in [1.54, 1.807) is 0 Å². The molecule has 0 unspecified atom stereocenters. The number of hydrogen-bond donors (Lipinski definition) is 0. The molecule has 0 aromatic heterocycles. The lowest BCUT2D eigenvalue weighted by Gasteiger charge is -2.02. The van der Waals surface area contributed by atoms with E-state index in [0.29, 0.717) is 6.61 Å². The molecule has 4 nitrogen and oxygen atoms in total. The Morgan fingerprint density at radius 2 is 2.00 bits per heavy atom. The van der Waals surface area contributed by atoms with E-state index in [1.165, 1.54) is 6.26 Å². The third kappa shape index (κ3) is 7.46. The highest BCUT2D eigenvalue weighted by Gasteiger charge is 2.02. The molecule has 0 saturated carbocycles. The lowest BCUT2D eigenvalue weighted by atomic mass is 10.2. The maximum absolute atomic E-state index is 10.7. The predicted molar refractivity (Wildman–Crippen MR) is 52.5 cm³/mol. The fourth-order valence-corrected chi connectivity index (χ4v) is 0.808. The minimum absolute atomic E-state index is 0.347. The molecule has 0 N–H and O–H groups in total. The molecule has 14 heavy (non-hydrogen) atoms. The fraction of sp³-hybridized carbons (Fsp3) is 0.700. The summed E-state index contributed by atoms with van der Waals surface area (Å²) in [4.78, 5) is 19.6. The van der Waals surface area contributed by atoms with Gasteiger partial charge in [-0.25, -0.2) is 4.89 Å². The Kier molecular flexibility index (Phi) is 7.70. The largest absolute Gasteiger partial charge is 0.549 e. The van der Waals surface area contributed by atoms with Crippen LogP contribution in [0, 0.1) is 0 Å². The zero-order chi connectivity index (χ0) is 10.8. The molecule has 0 atom stereocenters. The molecule has 0 radical (unpaired) electrons. The maximum atomic E-state index is 10.7. The number of allylic oxidation sites excluding steroid dienone is 1. The second kappa shape index (κ2) is 8.41. The molecule has 0 amide bonds. The summed E-state index contributed by atoms with van der Waals surface area (Å²) in [6.45, 7) is 6.22. The number of carbonyl (C=O) groups excluding carboxylic acids is 1. The lowest BCUT2D eigenvalue weighted by Crippen LogP contribution is -2.06. The summed E-state index contributed by atoms with van der Waals surface area (Å²) in [5, 5.41) is 0. The Morgan fingerprint density at radius 1 is 1.29 bits per heavy atom. The van der Waals surface area contributed by atoms with Crippen LogP contribution in [0.3, 0.4) is 0 Å². The summed E-state index contributed by atoms with van der Waals surface area (Å²) >= 11 is 0. The normalized spacial score (nSPS) is 10.9. The van der Waals surface area contributed by atoms with Gasteiger partial charge in [0.05, 0.1) is 6.61 Å². The number of rotatable bonds is 6. The van der Waals surface area contributed by atoms with E-state index in [1.807, 2.05) is 13.8 Å². The summed E-state index contributed by atoms with van der Waals surface area (Å²) in [6.07, 6.45) is 3.34. The van der Waals surface area contributed by atoms with Gasteiger partial charge in [-0.2, -0.15) is 4.79 Å². The summed E-state index contributed by atoms with van der Waals surface area (Å²) in [6, 6.07) is 0. The first kappa shape index (κ1) is 12.8. The van der Waals surface area contributed by atoms with Crippen LogP contribution < -0.4 is 0 Å². The van der Waals surface area contributed by atoms with Crippen LogP contribution >= 0.6 is 0 Å². The van der Waals surface area contributed by atoms with Crippen molar-refractivity contribution >= 4 is 6.16 Å². The predicted octanol–water partition coefficient (Wildman–Crippen LogP) is 3.19. The van der Waals surface area contributed by atoms with E-state index in [-0.39, 0.29) is 0 Å². The van der Waals surface area contributed by atoms with E-state index in [9.17, 15) is 4.79 Å². The number of carbonyl (C=O) groups is 1. The molecule has 0 fully saturated rings. The van der Waals surface area contributed by atoms with Crippen LogP contribution in [-0.2, 0) is 14.5 Å². The van der Waals surface area contributed by atoms with E-state index in [0.717, 1.165) is 24.8 Å². The monoisotopic (exact) mass is 202 g/mol. The van der Waals surface area contributed by atoms with E-state index >= 15 is 0 Å².